The summed E-state index contributed by atoms with van der Waals surface area (Å²) >= 11 is -2.64. The Morgan fingerprint density at radius 1 is 1.33 bits per heavy atom. The molecule has 0 spiro atoms. The predicted molar refractivity (Wildman–Crippen MR) is 86.6 cm³/mol. The minimum absolute atomic E-state index is 0.125. The number of carboxylic acid groups (broad SMARTS) is 1. The van der Waals surface area contributed by atoms with E-state index in [4.69, 9.17) is 5.11 Å². The molecule has 0 fully saturated rings. The van der Waals surface area contributed by atoms with Crippen molar-refractivity contribution in [2.45, 2.75) is 13.5 Å². The lowest BCUT2D eigenvalue weighted by atomic mass is 10.2. The summed E-state index contributed by atoms with van der Waals surface area (Å²) in [6.07, 6.45) is 0. The molecule has 1 heterocycles. The van der Waals surface area contributed by atoms with Crippen molar-refractivity contribution < 1.29 is 23.8 Å². The molecule has 0 aliphatic heterocycles. The first-order chi connectivity index (χ1) is 11.2. The van der Waals surface area contributed by atoms with Crippen LogP contribution in [0.3, 0.4) is 0 Å². The summed E-state index contributed by atoms with van der Waals surface area (Å²) < 4.78 is 25.1. The summed E-state index contributed by atoms with van der Waals surface area (Å²) in [5, 5.41) is 18.7. The number of aromatic nitrogens is 1. The van der Waals surface area contributed by atoms with Crippen molar-refractivity contribution in [2.75, 3.05) is 4.31 Å². The summed E-state index contributed by atoms with van der Waals surface area (Å²) in [5.74, 6) is -2.38. The van der Waals surface area contributed by atoms with Gasteiger partial charge in [0.1, 0.15) is 0 Å². The number of aryl methyl sites for hydroxylation is 1. The first-order valence-electron chi connectivity index (χ1n) is 6.81. The van der Waals surface area contributed by atoms with Gasteiger partial charge in [-0.05, 0) is 19.1 Å². The van der Waals surface area contributed by atoms with Crippen molar-refractivity contribution in [3.8, 4) is 5.75 Å². The van der Waals surface area contributed by atoms with Crippen molar-refractivity contribution >= 4 is 22.9 Å². The van der Waals surface area contributed by atoms with E-state index in [0.29, 0.717) is 5.69 Å². The topological polar surface area (TPSA) is 123 Å². The van der Waals surface area contributed by atoms with Crippen LogP contribution < -0.4 is 9.73 Å². The summed E-state index contributed by atoms with van der Waals surface area (Å²) in [6.45, 7) is 1.59. The van der Waals surface area contributed by atoms with Crippen LogP contribution in [-0.2, 0) is 24.9 Å². The van der Waals surface area contributed by atoms with Crippen LogP contribution in [0.5, 0.6) is 5.75 Å². The summed E-state index contributed by atoms with van der Waals surface area (Å²) in [4.78, 5) is 23.0. The van der Waals surface area contributed by atoms with E-state index in [9.17, 15) is 23.5 Å². The number of aromatic hydroxyl groups is 1. The Morgan fingerprint density at radius 2 is 1.92 bits per heavy atom. The van der Waals surface area contributed by atoms with Gasteiger partial charge in [-0.2, -0.15) is 0 Å². The third-order valence-electron chi connectivity index (χ3n) is 3.53. The number of pyridine rings is 1. The molecule has 9 heteroatoms. The monoisotopic (exact) mass is 351 g/mol. The van der Waals surface area contributed by atoms with E-state index < -0.39 is 34.1 Å². The van der Waals surface area contributed by atoms with Crippen LogP contribution in [0.25, 0.3) is 0 Å². The van der Waals surface area contributed by atoms with E-state index >= 15 is 0 Å². The number of rotatable bonds is 5. The maximum absolute atomic E-state index is 11.8. The van der Waals surface area contributed by atoms with Crippen LogP contribution >= 0.6 is 0 Å². The molecule has 0 aliphatic carbocycles. The first kappa shape index (κ1) is 17.7. The van der Waals surface area contributed by atoms with Gasteiger partial charge in [0.05, 0.1) is 6.54 Å². The van der Waals surface area contributed by atoms with E-state index in [2.05, 4.69) is 0 Å². The van der Waals surface area contributed by atoms with Crippen LogP contribution in [0.15, 0.2) is 35.1 Å². The van der Waals surface area contributed by atoms with Gasteiger partial charge in [0.25, 0.3) is 0 Å². The van der Waals surface area contributed by atoms with Crippen LogP contribution in [0.2, 0.25) is 0 Å². The van der Waals surface area contributed by atoms with Crippen LogP contribution in [0.1, 0.15) is 21.7 Å². The Kier molecular flexibility index (Phi) is 5.05. The molecule has 2 N–H and O–H groups in total. The van der Waals surface area contributed by atoms with Crippen LogP contribution in [0.4, 0.5) is 5.69 Å². The van der Waals surface area contributed by atoms with E-state index in [1.807, 2.05) is 6.92 Å². The van der Waals surface area contributed by atoms with Crippen LogP contribution in [0, 0.1) is 6.92 Å². The van der Waals surface area contributed by atoms with Gasteiger partial charge in [-0.3, -0.25) is 13.3 Å². The van der Waals surface area contributed by atoms with Crippen molar-refractivity contribution in [3.63, 3.8) is 0 Å². The standard InChI is InChI=1S/C15H16N2O6S/c1-9-3-5-10(6-4-9)17(24(22)23)8-11-7-12(18)14(19)13(15(20)21)16(11)2/h3-7,19H,8H2,1-2H3,(H,20,21)(H,22,23)/p-1. The molecule has 0 saturated carbocycles. The Balaban J connectivity index is 2.51. The smallest absolute Gasteiger partial charge is 0.356 e. The normalized spacial score (nSPS) is 12.0. The fourth-order valence-electron chi connectivity index (χ4n) is 2.22. The van der Waals surface area contributed by atoms with Crippen molar-refractivity contribution in [1.82, 2.24) is 4.57 Å². The SMILES string of the molecule is Cc1ccc(N(Cc2cc(=O)c(O)c(C(=O)O)n2C)S(=O)[O-])cc1. The number of carboxylic acids is 1. The highest BCUT2D eigenvalue weighted by molar-refractivity contribution is 7.80. The Hall–Kier alpha value is -2.65. The second kappa shape index (κ2) is 6.85. The third kappa shape index (κ3) is 3.47. The number of hydrogen-bond acceptors (Lipinski definition) is 5. The quantitative estimate of drug-likeness (QED) is 0.772. The Morgan fingerprint density at radius 3 is 2.42 bits per heavy atom. The molecule has 24 heavy (non-hydrogen) atoms. The third-order valence-corrected chi connectivity index (χ3v) is 4.23. The fraction of sp³-hybridized carbons (Fsp3) is 0.200. The molecule has 0 amide bonds. The zero-order valence-corrected chi connectivity index (χ0v) is 13.7. The Bertz CT molecular complexity index is 860. The van der Waals surface area contributed by atoms with E-state index in [1.165, 1.54) is 7.05 Å². The van der Waals surface area contributed by atoms with E-state index in [-0.39, 0.29) is 12.2 Å². The number of anilines is 1. The molecular weight excluding hydrogens is 336 g/mol. The number of carbonyl (C=O) groups is 1. The molecule has 1 aromatic carbocycles. The maximum Gasteiger partial charge on any atom is 0.356 e. The molecule has 1 atom stereocenters. The summed E-state index contributed by atoms with van der Waals surface area (Å²) in [6, 6.07) is 7.67. The number of hydrogen-bond donors (Lipinski definition) is 2. The van der Waals surface area contributed by atoms with Gasteiger partial charge in [-0.1, -0.05) is 17.7 Å². The van der Waals surface area contributed by atoms with Crippen molar-refractivity contribution in [3.05, 3.63) is 57.5 Å². The van der Waals surface area contributed by atoms with Crippen molar-refractivity contribution in [1.29, 1.82) is 0 Å². The van der Waals surface area contributed by atoms with Gasteiger partial charge in [-0.25, -0.2) is 4.79 Å². The minimum atomic E-state index is -2.64. The lowest BCUT2D eigenvalue weighted by Gasteiger charge is -2.27. The van der Waals surface area contributed by atoms with Gasteiger partial charge in [0, 0.05) is 35.8 Å². The molecule has 8 nitrogen and oxygen atoms in total. The highest BCUT2D eigenvalue weighted by Crippen LogP contribution is 2.21. The molecular formula is C15H15N2O6S-. The van der Waals surface area contributed by atoms with Crippen LogP contribution in [-0.4, -0.2) is 29.5 Å². The average Bonchev–Trinajstić information content (AvgIpc) is 2.50. The molecule has 0 radical (unpaired) electrons. The predicted octanol–water partition coefficient (Wildman–Crippen LogP) is 0.898. The molecule has 0 bridgehead atoms. The van der Waals surface area contributed by atoms with Gasteiger partial charge >= 0.3 is 5.97 Å². The molecule has 0 aliphatic rings. The minimum Gasteiger partial charge on any atom is -0.755 e. The largest absolute Gasteiger partial charge is 0.755 e. The number of aromatic carboxylic acids is 1. The molecule has 1 unspecified atom stereocenters. The molecule has 128 valence electrons. The molecule has 2 aromatic rings. The van der Waals surface area contributed by atoms with Gasteiger partial charge in [0.15, 0.2) is 11.4 Å². The second-order valence-corrected chi connectivity index (χ2v) is 6.03. The van der Waals surface area contributed by atoms with Gasteiger partial charge < -0.3 is 19.3 Å². The molecule has 2 rings (SSSR count). The summed E-state index contributed by atoms with van der Waals surface area (Å²) in [7, 11) is 1.33. The van der Waals surface area contributed by atoms with Gasteiger partial charge in [0.2, 0.25) is 5.43 Å². The fourth-order valence-corrected chi connectivity index (χ4v) is 2.75. The van der Waals surface area contributed by atoms with E-state index in [1.54, 1.807) is 24.3 Å². The molecule has 0 saturated heterocycles. The van der Waals surface area contributed by atoms with Crippen molar-refractivity contribution in [2.24, 2.45) is 7.05 Å². The zero-order valence-electron chi connectivity index (χ0n) is 12.9. The second-order valence-electron chi connectivity index (χ2n) is 5.15. The zero-order chi connectivity index (χ0) is 18.0. The molecule has 1 aromatic heterocycles. The lowest BCUT2D eigenvalue weighted by Crippen LogP contribution is -2.29. The van der Waals surface area contributed by atoms with E-state index in [0.717, 1.165) is 20.5 Å². The summed E-state index contributed by atoms with van der Waals surface area (Å²) in [5.41, 5.74) is -0.0500. The number of nitrogens with zero attached hydrogens (tertiary/aromatic N) is 2. The first-order valence-corrected chi connectivity index (χ1v) is 7.84. The lowest BCUT2D eigenvalue weighted by molar-refractivity contribution is 0.0681. The average molecular weight is 351 g/mol. The van der Waals surface area contributed by atoms with Gasteiger partial charge in [-0.15, -0.1) is 0 Å². The maximum atomic E-state index is 11.8. The highest BCUT2D eigenvalue weighted by Gasteiger charge is 2.20. The number of benzene rings is 1. The Labute approximate surface area is 140 Å². The highest BCUT2D eigenvalue weighted by atomic mass is 32.2.